The minimum atomic E-state index is -0.473. The van der Waals surface area contributed by atoms with E-state index in [1.807, 2.05) is 13.0 Å². The molecule has 0 radical (unpaired) electrons. The Hall–Kier alpha value is -1.60. The van der Waals surface area contributed by atoms with E-state index in [9.17, 15) is 4.39 Å². The number of halogens is 1. The molecule has 3 nitrogen and oxygen atoms in total. The van der Waals surface area contributed by atoms with Gasteiger partial charge in [-0.3, -0.25) is 0 Å². The summed E-state index contributed by atoms with van der Waals surface area (Å²) in [7, 11) is 0. The number of nitrogens with one attached hydrogen (secondary N) is 2. The Morgan fingerprint density at radius 3 is 2.88 bits per heavy atom. The van der Waals surface area contributed by atoms with Crippen molar-refractivity contribution in [3.8, 4) is 6.07 Å². The van der Waals surface area contributed by atoms with Crippen molar-refractivity contribution in [2.45, 2.75) is 13.3 Å². The Bertz CT molecular complexity index is 371. The van der Waals surface area contributed by atoms with Crippen LogP contribution in [-0.4, -0.2) is 19.6 Å². The molecular weight excluding hydrogens is 205 g/mol. The van der Waals surface area contributed by atoms with E-state index in [1.54, 1.807) is 12.1 Å². The second kappa shape index (κ2) is 6.81. The van der Waals surface area contributed by atoms with E-state index < -0.39 is 5.82 Å². The van der Waals surface area contributed by atoms with Crippen LogP contribution in [-0.2, 0) is 0 Å². The molecule has 0 saturated heterocycles. The first-order valence-corrected chi connectivity index (χ1v) is 5.42. The van der Waals surface area contributed by atoms with Gasteiger partial charge in [0.15, 0.2) is 0 Å². The molecule has 0 amide bonds. The van der Waals surface area contributed by atoms with E-state index in [-0.39, 0.29) is 5.56 Å². The minimum Gasteiger partial charge on any atom is -0.384 e. The Labute approximate surface area is 95.3 Å². The number of hydrogen-bond acceptors (Lipinski definition) is 3. The summed E-state index contributed by atoms with van der Waals surface area (Å²) in [4.78, 5) is 0. The van der Waals surface area contributed by atoms with Crippen LogP contribution in [0, 0.1) is 17.1 Å². The fourth-order valence-electron chi connectivity index (χ4n) is 1.40. The van der Waals surface area contributed by atoms with Gasteiger partial charge in [-0.25, -0.2) is 4.39 Å². The number of benzene rings is 1. The van der Waals surface area contributed by atoms with Crippen LogP contribution < -0.4 is 10.6 Å². The second-order valence-electron chi connectivity index (χ2n) is 3.41. The molecular formula is C12H16FN3. The van der Waals surface area contributed by atoms with E-state index in [2.05, 4.69) is 10.6 Å². The summed E-state index contributed by atoms with van der Waals surface area (Å²) in [5.41, 5.74) is 0.657. The Morgan fingerprint density at radius 1 is 1.38 bits per heavy atom. The van der Waals surface area contributed by atoms with Gasteiger partial charge in [0, 0.05) is 6.54 Å². The molecule has 16 heavy (non-hydrogen) atoms. The van der Waals surface area contributed by atoms with Crippen molar-refractivity contribution < 1.29 is 4.39 Å². The number of anilines is 1. The molecule has 86 valence electrons. The maximum absolute atomic E-state index is 13.2. The summed E-state index contributed by atoms with van der Waals surface area (Å²) in [6.07, 6.45) is 0.940. The van der Waals surface area contributed by atoms with Crippen LogP contribution in [0.5, 0.6) is 0 Å². The molecule has 0 aromatic heterocycles. The highest BCUT2D eigenvalue weighted by molar-refractivity contribution is 5.57. The van der Waals surface area contributed by atoms with Crippen molar-refractivity contribution >= 4 is 5.69 Å². The van der Waals surface area contributed by atoms with Gasteiger partial charge in [-0.1, -0.05) is 13.0 Å². The highest BCUT2D eigenvalue weighted by atomic mass is 19.1. The van der Waals surface area contributed by atoms with Gasteiger partial charge in [0.1, 0.15) is 17.4 Å². The van der Waals surface area contributed by atoms with Gasteiger partial charge in [-0.15, -0.1) is 0 Å². The molecule has 0 fully saturated rings. The maximum Gasteiger partial charge on any atom is 0.143 e. The highest BCUT2D eigenvalue weighted by Crippen LogP contribution is 2.17. The van der Waals surface area contributed by atoms with E-state index in [0.717, 1.165) is 26.1 Å². The van der Waals surface area contributed by atoms with E-state index >= 15 is 0 Å². The highest BCUT2D eigenvalue weighted by Gasteiger charge is 2.06. The zero-order chi connectivity index (χ0) is 11.8. The van der Waals surface area contributed by atoms with Crippen molar-refractivity contribution in [3.05, 3.63) is 29.6 Å². The molecule has 1 aromatic rings. The van der Waals surface area contributed by atoms with E-state index in [0.29, 0.717) is 5.69 Å². The first-order chi connectivity index (χ1) is 7.79. The van der Waals surface area contributed by atoms with Crippen molar-refractivity contribution in [2.24, 2.45) is 0 Å². The summed E-state index contributed by atoms with van der Waals surface area (Å²) in [6.45, 7) is 4.64. The molecule has 0 aliphatic carbocycles. The lowest BCUT2D eigenvalue weighted by Crippen LogP contribution is -2.17. The Morgan fingerprint density at radius 2 is 2.19 bits per heavy atom. The number of nitriles is 1. The third-order valence-electron chi connectivity index (χ3n) is 2.22. The standard InChI is InChI=1S/C12H16FN3/c1-2-15-7-4-8-16-12-6-3-5-11(13)10(12)9-14/h3,5-6,15-16H,2,4,7-8H2,1H3. The van der Waals surface area contributed by atoms with Gasteiger partial charge in [0.05, 0.1) is 5.69 Å². The first-order valence-electron chi connectivity index (χ1n) is 5.42. The van der Waals surface area contributed by atoms with Gasteiger partial charge >= 0.3 is 0 Å². The molecule has 0 heterocycles. The van der Waals surface area contributed by atoms with Crippen molar-refractivity contribution in [1.29, 1.82) is 5.26 Å². The first kappa shape index (κ1) is 12.5. The smallest absolute Gasteiger partial charge is 0.143 e. The van der Waals surface area contributed by atoms with Gasteiger partial charge in [-0.2, -0.15) is 5.26 Å². The summed E-state index contributed by atoms with van der Waals surface area (Å²) >= 11 is 0. The molecule has 0 unspecified atom stereocenters. The van der Waals surface area contributed by atoms with Crippen molar-refractivity contribution in [1.82, 2.24) is 5.32 Å². The normalized spacial score (nSPS) is 9.81. The van der Waals surface area contributed by atoms with Gasteiger partial charge in [0.25, 0.3) is 0 Å². The lowest BCUT2D eigenvalue weighted by molar-refractivity contribution is 0.624. The van der Waals surface area contributed by atoms with Crippen LogP contribution in [0.4, 0.5) is 10.1 Å². The molecule has 2 N–H and O–H groups in total. The summed E-state index contributed by atoms with van der Waals surface area (Å²) in [5.74, 6) is -0.473. The third-order valence-corrected chi connectivity index (χ3v) is 2.22. The fraction of sp³-hybridized carbons (Fsp3) is 0.417. The summed E-state index contributed by atoms with van der Waals surface area (Å²) in [5, 5.41) is 15.1. The van der Waals surface area contributed by atoms with Crippen LogP contribution >= 0.6 is 0 Å². The molecule has 0 aliphatic heterocycles. The molecule has 0 saturated carbocycles. The molecule has 1 rings (SSSR count). The van der Waals surface area contributed by atoms with Crippen LogP contribution in [0.2, 0.25) is 0 Å². The topological polar surface area (TPSA) is 47.8 Å². The number of nitrogens with zero attached hydrogens (tertiary/aromatic N) is 1. The number of rotatable bonds is 6. The maximum atomic E-state index is 13.2. The molecule has 1 aromatic carbocycles. The van der Waals surface area contributed by atoms with Gasteiger partial charge in [0.2, 0.25) is 0 Å². The minimum absolute atomic E-state index is 0.0888. The molecule has 4 heteroatoms. The molecule has 0 atom stereocenters. The lowest BCUT2D eigenvalue weighted by atomic mass is 10.2. The average Bonchev–Trinajstić information content (AvgIpc) is 2.29. The van der Waals surface area contributed by atoms with E-state index in [4.69, 9.17) is 5.26 Å². The average molecular weight is 221 g/mol. The molecule has 0 aliphatic rings. The Kier molecular flexibility index (Phi) is 5.30. The molecule has 0 spiro atoms. The van der Waals surface area contributed by atoms with Crippen molar-refractivity contribution in [3.63, 3.8) is 0 Å². The monoisotopic (exact) mass is 221 g/mol. The van der Waals surface area contributed by atoms with Gasteiger partial charge in [-0.05, 0) is 31.6 Å². The SMILES string of the molecule is CCNCCCNc1cccc(F)c1C#N. The quantitative estimate of drug-likeness (QED) is 0.723. The fourth-order valence-corrected chi connectivity index (χ4v) is 1.40. The Balaban J connectivity index is 2.48. The zero-order valence-corrected chi connectivity index (χ0v) is 9.39. The lowest BCUT2D eigenvalue weighted by Gasteiger charge is -2.08. The van der Waals surface area contributed by atoms with Gasteiger partial charge < -0.3 is 10.6 Å². The van der Waals surface area contributed by atoms with Crippen molar-refractivity contribution in [2.75, 3.05) is 25.0 Å². The van der Waals surface area contributed by atoms with Crippen LogP contribution in [0.25, 0.3) is 0 Å². The second-order valence-corrected chi connectivity index (χ2v) is 3.41. The largest absolute Gasteiger partial charge is 0.384 e. The zero-order valence-electron chi connectivity index (χ0n) is 9.39. The summed E-state index contributed by atoms with van der Waals surface area (Å²) in [6, 6.07) is 6.47. The predicted molar refractivity (Wildman–Crippen MR) is 62.8 cm³/mol. The predicted octanol–water partition coefficient (Wildman–Crippen LogP) is 2.11. The third kappa shape index (κ3) is 3.52. The van der Waals surface area contributed by atoms with Crippen LogP contribution in [0.3, 0.4) is 0 Å². The molecule has 0 bridgehead atoms. The number of hydrogen-bond donors (Lipinski definition) is 2. The summed E-state index contributed by atoms with van der Waals surface area (Å²) < 4.78 is 13.2. The van der Waals surface area contributed by atoms with Crippen LogP contribution in [0.1, 0.15) is 18.9 Å². The van der Waals surface area contributed by atoms with E-state index in [1.165, 1.54) is 6.07 Å². The van der Waals surface area contributed by atoms with Crippen LogP contribution in [0.15, 0.2) is 18.2 Å².